The van der Waals surface area contributed by atoms with Gasteiger partial charge in [0.25, 0.3) is 0 Å². The zero-order chi connectivity index (χ0) is 15.6. The van der Waals surface area contributed by atoms with Crippen LogP contribution in [-0.2, 0) is 0 Å². The predicted molar refractivity (Wildman–Crippen MR) is 73.2 cm³/mol. The van der Waals surface area contributed by atoms with Gasteiger partial charge in [-0.25, -0.2) is 0 Å². The minimum atomic E-state index is -4.49. The number of oxime groups is 1. The fourth-order valence-electron chi connectivity index (χ4n) is 3.59. The molecule has 3 atom stereocenters. The van der Waals surface area contributed by atoms with Crippen LogP contribution in [-0.4, -0.2) is 66.3 Å². The maximum Gasteiger partial charge on any atom is 0.400 e. The SMILES string of the molecule is CN1CCCC2CN(CC(C(N)=NO)C(F)(F)F)CCC21. The first-order chi connectivity index (χ1) is 9.82. The minimum absolute atomic E-state index is 0.230. The van der Waals surface area contributed by atoms with Gasteiger partial charge in [-0.2, -0.15) is 13.2 Å². The van der Waals surface area contributed by atoms with E-state index < -0.39 is 17.9 Å². The Kier molecular flexibility index (Phi) is 4.98. The molecular formula is C13H23F3N4O. The molecule has 0 bridgehead atoms. The first-order valence-electron chi connectivity index (χ1n) is 7.29. The normalized spacial score (nSPS) is 31.0. The van der Waals surface area contributed by atoms with Crippen LogP contribution in [0, 0.1) is 11.8 Å². The zero-order valence-corrected chi connectivity index (χ0v) is 12.2. The summed E-state index contributed by atoms with van der Waals surface area (Å²) in [7, 11) is 2.08. The number of likely N-dealkylation sites (tertiary alicyclic amines) is 2. The van der Waals surface area contributed by atoms with Gasteiger partial charge in [0.1, 0.15) is 5.92 Å². The van der Waals surface area contributed by atoms with Crippen LogP contribution in [0.15, 0.2) is 5.16 Å². The van der Waals surface area contributed by atoms with E-state index in [4.69, 9.17) is 10.9 Å². The van der Waals surface area contributed by atoms with Gasteiger partial charge in [0.2, 0.25) is 0 Å². The number of halogens is 3. The number of alkyl halides is 3. The number of hydrogen-bond acceptors (Lipinski definition) is 4. The second kappa shape index (κ2) is 6.39. The summed E-state index contributed by atoms with van der Waals surface area (Å²) in [5, 5.41) is 11.1. The van der Waals surface area contributed by atoms with Crippen molar-refractivity contribution in [2.24, 2.45) is 22.7 Å². The van der Waals surface area contributed by atoms with Crippen molar-refractivity contribution in [3.05, 3.63) is 0 Å². The van der Waals surface area contributed by atoms with Crippen molar-refractivity contribution >= 4 is 5.84 Å². The van der Waals surface area contributed by atoms with Gasteiger partial charge in [-0.3, -0.25) is 0 Å². The van der Waals surface area contributed by atoms with E-state index in [1.165, 1.54) is 0 Å². The molecule has 0 spiro atoms. The number of fused-ring (bicyclic) bond motifs is 1. The van der Waals surface area contributed by atoms with Crippen LogP contribution >= 0.6 is 0 Å². The fraction of sp³-hybridized carbons (Fsp3) is 0.923. The summed E-state index contributed by atoms with van der Waals surface area (Å²) in [6.45, 7) is 2.11. The van der Waals surface area contributed by atoms with Gasteiger partial charge in [0.05, 0.1) is 0 Å². The quantitative estimate of drug-likeness (QED) is 0.357. The highest BCUT2D eigenvalue weighted by atomic mass is 19.4. The third kappa shape index (κ3) is 3.79. The molecule has 3 unspecified atom stereocenters. The van der Waals surface area contributed by atoms with Crippen LogP contribution < -0.4 is 5.73 Å². The van der Waals surface area contributed by atoms with Crippen LogP contribution in [0.4, 0.5) is 13.2 Å². The molecule has 0 amide bonds. The molecule has 5 nitrogen and oxygen atoms in total. The topological polar surface area (TPSA) is 65.1 Å². The molecule has 0 aromatic rings. The molecule has 8 heteroatoms. The molecular weight excluding hydrogens is 285 g/mol. The average Bonchev–Trinajstić information content (AvgIpc) is 2.43. The lowest BCUT2D eigenvalue weighted by Gasteiger charge is -2.46. The van der Waals surface area contributed by atoms with Crippen molar-refractivity contribution in [3.63, 3.8) is 0 Å². The van der Waals surface area contributed by atoms with Crippen LogP contribution in [0.2, 0.25) is 0 Å². The summed E-state index contributed by atoms with van der Waals surface area (Å²) in [4.78, 5) is 4.12. The highest BCUT2D eigenvalue weighted by molar-refractivity contribution is 5.83. The Morgan fingerprint density at radius 3 is 2.71 bits per heavy atom. The van der Waals surface area contributed by atoms with Gasteiger partial charge < -0.3 is 20.7 Å². The maximum atomic E-state index is 13.0. The number of nitrogens with zero attached hydrogens (tertiary/aromatic N) is 3. The first kappa shape index (κ1) is 16.4. The Hall–Kier alpha value is -1.02. The van der Waals surface area contributed by atoms with Crippen LogP contribution in [0.25, 0.3) is 0 Å². The number of nitrogens with two attached hydrogens (primary N) is 1. The molecule has 0 saturated carbocycles. The Morgan fingerprint density at radius 1 is 1.38 bits per heavy atom. The van der Waals surface area contributed by atoms with E-state index in [0.29, 0.717) is 25.0 Å². The zero-order valence-electron chi connectivity index (χ0n) is 12.2. The molecule has 2 fully saturated rings. The highest BCUT2D eigenvalue weighted by Crippen LogP contribution is 2.32. The molecule has 0 aromatic heterocycles. The largest absolute Gasteiger partial charge is 0.409 e. The van der Waals surface area contributed by atoms with Crippen molar-refractivity contribution in [3.8, 4) is 0 Å². The molecule has 0 aliphatic carbocycles. The van der Waals surface area contributed by atoms with Crippen molar-refractivity contribution in [1.29, 1.82) is 0 Å². The van der Waals surface area contributed by atoms with Gasteiger partial charge in [-0.1, -0.05) is 5.16 Å². The van der Waals surface area contributed by atoms with Gasteiger partial charge in [-0.05, 0) is 45.3 Å². The summed E-state index contributed by atoms with van der Waals surface area (Å²) < 4.78 is 39.0. The molecule has 3 N–H and O–H groups in total. The number of rotatable bonds is 3. The third-order valence-corrected chi connectivity index (χ3v) is 4.74. The second-order valence-electron chi connectivity index (χ2n) is 6.12. The first-order valence-corrected chi connectivity index (χ1v) is 7.29. The molecule has 2 heterocycles. The second-order valence-corrected chi connectivity index (χ2v) is 6.12. The van der Waals surface area contributed by atoms with Crippen LogP contribution in [0.1, 0.15) is 19.3 Å². The van der Waals surface area contributed by atoms with E-state index in [0.717, 1.165) is 25.8 Å². The molecule has 2 aliphatic rings. The molecule has 2 rings (SSSR count). The lowest BCUT2D eigenvalue weighted by atomic mass is 9.84. The smallest absolute Gasteiger partial charge is 0.400 e. The average molecular weight is 308 g/mol. The van der Waals surface area contributed by atoms with E-state index in [1.807, 2.05) is 0 Å². The number of amidine groups is 1. The van der Waals surface area contributed by atoms with Crippen molar-refractivity contribution in [2.75, 3.05) is 33.2 Å². The van der Waals surface area contributed by atoms with E-state index >= 15 is 0 Å². The Labute approximate surface area is 122 Å². The number of piperidine rings is 2. The van der Waals surface area contributed by atoms with Gasteiger partial charge >= 0.3 is 6.18 Å². The molecule has 21 heavy (non-hydrogen) atoms. The maximum absolute atomic E-state index is 13.0. The van der Waals surface area contributed by atoms with Gasteiger partial charge in [-0.15, -0.1) is 0 Å². The predicted octanol–water partition coefficient (Wildman–Crippen LogP) is 1.33. The molecule has 2 aliphatic heterocycles. The van der Waals surface area contributed by atoms with E-state index in [-0.39, 0.29) is 6.54 Å². The Balaban J connectivity index is 1.99. The fourth-order valence-corrected chi connectivity index (χ4v) is 3.59. The third-order valence-electron chi connectivity index (χ3n) is 4.74. The van der Waals surface area contributed by atoms with E-state index in [9.17, 15) is 13.2 Å². The number of hydrogen-bond donors (Lipinski definition) is 2. The van der Waals surface area contributed by atoms with Crippen LogP contribution in [0.3, 0.4) is 0 Å². The standard InChI is InChI=1S/C13H23F3N4O/c1-19-5-2-3-9-7-20(6-4-11(9)19)8-10(12(17)18-21)13(14,15)16/h9-11,21H,2-8H2,1H3,(H2,17,18). The van der Waals surface area contributed by atoms with Gasteiger partial charge in [0.15, 0.2) is 5.84 Å². The summed E-state index contributed by atoms with van der Waals surface area (Å²) in [6.07, 6.45) is -1.46. The van der Waals surface area contributed by atoms with E-state index in [1.54, 1.807) is 4.90 Å². The summed E-state index contributed by atoms with van der Waals surface area (Å²) in [5.74, 6) is -2.25. The Morgan fingerprint density at radius 2 is 2.10 bits per heavy atom. The van der Waals surface area contributed by atoms with Crippen molar-refractivity contribution in [2.45, 2.75) is 31.5 Å². The minimum Gasteiger partial charge on any atom is -0.409 e. The summed E-state index contributed by atoms with van der Waals surface area (Å²) in [5.41, 5.74) is 5.22. The lowest BCUT2D eigenvalue weighted by molar-refractivity contribution is -0.162. The van der Waals surface area contributed by atoms with Gasteiger partial charge in [0, 0.05) is 19.1 Å². The lowest BCUT2D eigenvalue weighted by Crippen LogP contribution is -2.55. The molecule has 122 valence electrons. The monoisotopic (exact) mass is 308 g/mol. The summed E-state index contributed by atoms with van der Waals surface area (Å²) >= 11 is 0. The molecule has 2 saturated heterocycles. The van der Waals surface area contributed by atoms with Crippen molar-refractivity contribution < 1.29 is 18.4 Å². The highest BCUT2D eigenvalue weighted by Gasteiger charge is 2.45. The molecule has 0 radical (unpaired) electrons. The van der Waals surface area contributed by atoms with Crippen molar-refractivity contribution in [1.82, 2.24) is 9.80 Å². The molecule has 0 aromatic carbocycles. The van der Waals surface area contributed by atoms with E-state index in [2.05, 4.69) is 17.1 Å². The Bertz CT molecular complexity index is 388. The summed E-state index contributed by atoms with van der Waals surface area (Å²) in [6, 6.07) is 0.475. The van der Waals surface area contributed by atoms with Crippen LogP contribution in [0.5, 0.6) is 0 Å².